The van der Waals surface area contributed by atoms with Crippen molar-refractivity contribution in [3.63, 3.8) is 0 Å². The van der Waals surface area contributed by atoms with Crippen molar-refractivity contribution in [1.29, 1.82) is 0 Å². The van der Waals surface area contributed by atoms with Gasteiger partial charge in [0.25, 0.3) is 0 Å². The van der Waals surface area contributed by atoms with Gasteiger partial charge in [-0.3, -0.25) is 4.89 Å². The molecule has 0 saturated carbocycles. The van der Waals surface area contributed by atoms with Gasteiger partial charge in [0.15, 0.2) is 11.5 Å². The number of halogens is 4. The molecule has 0 aliphatic rings. The van der Waals surface area contributed by atoms with Crippen molar-refractivity contribution in [3.8, 4) is 11.5 Å². The summed E-state index contributed by atoms with van der Waals surface area (Å²) in [5, 5.41) is 0.786. The minimum atomic E-state index is -4.52. The highest BCUT2D eigenvalue weighted by Gasteiger charge is 2.27. The van der Waals surface area contributed by atoms with Crippen LogP contribution in [0.4, 0.5) is 0 Å². The van der Waals surface area contributed by atoms with Crippen LogP contribution >= 0.6 is 54.2 Å². The molecule has 9 heteroatoms. The van der Waals surface area contributed by atoms with Crippen molar-refractivity contribution < 1.29 is 18.5 Å². The first-order valence-corrected chi connectivity index (χ1v) is 8.40. The molecule has 1 N–H and O–H groups in total. The molecule has 0 radical (unpaired) electrons. The smallest absolute Gasteiger partial charge is 0.394 e. The Balaban J connectivity index is 2.24. The first-order valence-electron chi connectivity index (χ1n) is 5.39. The van der Waals surface area contributed by atoms with E-state index in [0.29, 0.717) is 0 Å². The largest absolute Gasteiger partial charge is 0.585 e. The zero-order chi connectivity index (χ0) is 15.6. The van der Waals surface area contributed by atoms with E-state index in [1.807, 2.05) is 0 Å². The van der Waals surface area contributed by atoms with E-state index in [-0.39, 0.29) is 31.6 Å². The molecule has 2 rings (SSSR count). The second-order valence-electron chi connectivity index (χ2n) is 3.80. The predicted molar refractivity (Wildman–Crippen MR) is 84.0 cm³/mol. The van der Waals surface area contributed by atoms with Gasteiger partial charge in [0, 0.05) is 22.2 Å². The first-order chi connectivity index (χ1) is 9.77. The summed E-state index contributed by atoms with van der Waals surface area (Å²) in [6.07, 6.45) is 0. The fraction of sp³-hybridized carbons (Fsp3) is 0. The van der Waals surface area contributed by atoms with Gasteiger partial charge in [-0.05, 0) is 24.3 Å². The maximum atomic E-state index is 12.0. The lowest BCUT2D eigenvalue weighted by Crippen LogP contribution is -2.00. The zero-order valence-electron chi connectivity index (χ0n) is 10.1. The topological polar surface area (TPSA) is 55.8 Å². The maximum Gasteiger partial charge on any atom is 0.585 e. The summed E-state index contributed by atoms with van der Waals surface area (Å²) in [4.78, 5) is 9.76. The summed E-state index contributed by atoms with van der Waals surface area (Å²) < 4.78 is 21.8. The van der Waals surface area contributed by atoms with Gasteiger partial charge in [-0.15, -0.1) is 0 Å². The highest BCUT2D eigenvalue weighted by molar-refractivity contribution is 7.48. The molecule has 0 spiro atoms. The Labute approximate surface area is 140 Å². The van der Waals surface area contributed by atoms with Crippen molar-refractivity contribution in [2.75, 3.05) is 0 Å². The van der Waals surface area contributed by atoms with Crippen molar-refractivity contribution >= 4 is 54.2 Å². The highest BCUT2D eigenvalue weighted by Crippen LogP contribution is 2.48. The number of benzene rings is 2. The monoisotopic (exact) mass is 386 g/mol. The molecule has 0 aromatic heterocycles. The number of phosphoric acid groups is 1. The third-order valence-electron chi connectivity index (χ3n) is 2.21. The molecule has 112 valence electrons. The zero-order valence-corrected chi connectivity index (χ0v) is 14.0. The van der Waals surface area contributed by atoms with E-state index >= 15 is 0 Å². The third kappa shape index (κ3) is 4.68. The van der Waals surface area contributed by atoms with Crippen LogP contribution < -0.4 is 9.05 Å². The molecule has 2 aromatic rings. The van der Waals surface area contributed by atoms with Crippen LogP contribution in [0.25, 0.3) is 0 Å². The number of phosphoric ester groups is 1. The fourth-order valence-corrected chi connectivity index (χ4v) is 2.94. The lowest BCUT2D eigenvalue weighted by atomic mass is 10.3. The Morgan fingerprint density at radius 3 is 1.57 bits per heavy atom. The Hall–Kier alpha value is -0.610. The minimum Gasteiger partial charge on any atom is -0.394 e. The SMILES string of the molecule is O=P(O)(Oc1cc(Cl)ccc1Cl)Oc1cc(Cl)ccc1Cl. The maximum absolute atomic E-state index is 12.0. The average molecular weight is 388 g/mol. The Bertz CT molecular complexity index is 665. The van der Waals surface area contributed by atoms with E-state index in [1.165, 1.54) is 36.4 Å². The van der Waals surface area contributed by atoms with Gasteiger partial charge < -0.3 is 9.05 Å². The summed E-state index contributed by atoms with van der Waals surface area (Å²) >= 11 is 23.2. The molecule has 4 nitrogen and oxygen atoms in total. The van der Waals surface area contributed by atoms with Crippen LogP contribution in [0, 0.1) is 0 Å². The quantitative estimate of drug-likeness (QED) is 0.667. The molecule has 2 aromatic carbocycles. The molecular weight excluding hydrogens is 381 g/mol. The van der Waals surface area contributed by atoms with Crippen LogP contribution in [0.15, 0.2) is 36.4 Å². The number of rotatable bonds is 4. The molecule has 0 aliphatic heterocycles. The Morgan fingerprint density at radius 1 is 0.810 bits per heavy atom. The van der Waals surface area contributed by atoms with Gasteiger partial charge in [0.05, 0.1) is 10.0 Å². The van der Waals surface area contributed by atoms with Crippen molar-refractivity contribution in [2.24, 2.45) is 0 Å². The molecule has 0 saturated heterocycles. The molecule has 0 aliphatic carbocycles. The predicted octanol–water partition coefficient (Wildman–Crippen LogP) is 5.86. The van der Waals surface area contributed by atoms with Gasteiger partial charge in [-0.25, -0.2) is 4.57 Å². The molecule has 0 atom stereocenters. The van der Waals surface area contributed by atoms with Crippen LogP contribution in [-0.2, 0) is 4.57 Å². The number of hydrogen-bond acceptors (Lipinski definition) is 3. The van der Waals surface area contributed by atoms with Gasteiger partial charge in [-0.2, -0.15) is 0 Å². The van der Waals surface area contributed by atoms with E-state index < -0.39 is 7.82 Å². The Kier molecular flexibility index (Phi) is 5.31. The summed E-state index contributed by atoms with van der Waals surface area (Å²) in [5.74, 6) is -0.179. The summed E-state index contributed by atoms with van der Waals surface area (Å²) in [7, 11) is -4.52. The van der Waals surface area contributed by atoms with Crippen molar-refractivity contribution in [2.45, 2.75) is 0 Å². The lowest BCUT2D eigenvalue weighted by molar-refractivity contribution is 0.291. The van der Waals surface area contributed by atoms with Gasteiger partial charge in [0.2, 0.25) is 0 Å². The standard InChI is InChI=1S/C12H7Cl4O4P/c13-7-1-3-9(15)11(5-7)19-21(17,18)20-12-6-8(14)2-4-10(12)16/h1-6H,(H,17,18). The van der Waals surface area contributed by atoms with Crippen LogP contribution in [0.3, 0.4) is 0 Å². The van der Waals surface area contributed by atoms with Gasteiger partial charge in [0.1, 0.15) is 0 Å². The molecule has 0 bridgehead atoms. The first kappa shape index (κ1) is 16.8. The summed E-state index contributed by atoms with van der Waals surface area (Å²) in [5.41, 5.74) is 0. The highest BCUT2D eigenvalue weighted by atomic mass is 35.5. The van der Waals surface area contributed by atoms with Gasteiger partial charge >= 0.3 is 7.82 Å². The van der Waals surface area contributed by atoms with Crippen LogP contribution in [0.2, 0.25) is 20.1 Å². The Morgan fingerprint density at radius 2 is 1.19 bits per heavy atom. The molecule has 0 amide bonds. The molecule has 0 fully saturated rings. The molecule has 0 heterocycles. The van der Waals surface area contributed by atoms with E-state index in [0.717, 1.165) is 0 Å². The van der Waals surface area contributed by atoms with E-state index in [9.17, 15) is 9.46 Å². The lowest BCUT2D eigenvalue weighted by Gasteiger charge is -2.15. The second-order valence-corrected chi connectivity index (χ2v) is 6.79. The number of hydrogen-bond donors (Lipinski definition) is 1. The van der Waals surface area contributed by atoms with E-state index in [1.54, 1.807) is 0 Å². The van der Waals surface area contributed by atoms with Gasteiger partial charge in [-0.1, -0.05) is 46.4 Å². The third-order valence-corrected chi connectivity index (χ3v) is 4.16. The molecular formula is C12H7Cl4O4P. The summed E-state index contributed by atoms with van der Waals surface area (Å²) in [6, 6.07) is 8.43. The van der Waals surface area contributed by atoms with Crippen molar-refractivity contribution in [1.82, 2.24) is 0 Å². The van der Waals surface area contributed by atoms with Crippen LogP contribution in [0.1, 0.15) is 0 Å². The van der Waals surface area contributed by atoms with E-state index in [2.05, 4.69) is 0 Å². The summed E-state index contributed by atoms with van der Waals surface area (Å²) in [6.45, 7) is 0. The molecule has 0 unspecified atom stereocenters. The fourth-order valence-electron chi connectivity index (χ4n) is 1.36. The van der Waals surface area contributed by atoms with Crippen LogP contribution in [-0.4, -0.2) is 4.89 Å². The average Bonchev–Trinajstić information content (AvgIpc) is 2.37. The van der Waals surface area contributed by atoms with Crippen molar-refractivity contribution in [3.05, 3.63) is 56.5 Å². The normalized spacial score (nSPS) is 11.3. The second kappa shape index (κ2) is 6.66. The van der Waals surface area contributed by atoms with E-state index in [4.69, 9.17) is 55.5 Å². The van der Waals surface area contributed by atoms with Crippen LogP contribution in [0.5, 0.6) is 11.5 Å². The minimum absolute atomic E-state index is 0.0897. The molecule has 21 heavy (non-hydrogen) atoms.